The molecule has 1 saturated carbocycles. The normalized spacial score (nSPS) is 23.3. The molecule has 4 rings (SSSR count). The first-order chi connectivity index (χ1) is 9.42. The Morgan fingerprint density at radius 3 is 2.63 bits per heavy atom. The van der Waals surface area contributed by atoms with E-state index in [0.29, 0.717) is 6.04 Å². The monoisotopic (exact) mass is 251 g/mol. The number of hydrogen-bond acceptors (Lipinski definition) is 1. The Bertz CT molecular complexity index is 596. The highest BCUT2D eigenvalue weighted by Crippen LogP contribution is 2.38. The summed E-state index contributed by atoms with van der Waals surface area (Å²) in [6.45, 7) is 0. The Balaban J connectivity index is 1.67. The van der Waals surface area contributed by atoms with Crippen molar-refractivity contribution in [3.05, 3.63) is 42.0 Å². The molecule has 1 N–H and O–H groups in total. The summed E-state index contributed by atoms with van der Waals surface area (Å²) in [5.74, 6) is 0.889. The molecule has 19 heavy (non-hydrogen) atoms. The molecule has 2 aliphatic rings. The fourth-order valence-corrected chi connectivity index (χ4v) is 3.95. The van der Waals surface area contributed by atoms with E-state index in [4.69, 9.17) is 0 Å². The Morgan fingerprint density at radius 2 is 1.74 bits per heavy atom. The summed E-state index contributed by atoms with van der Waals surface area (Å²) >= 11 is 0. The maximum absolute atomic E-state index is 3.85. The van der Waals surface area contributed by atoms with Crippen LogP contribution in [0.3, 0.4) is 0 Å². The molecule has 1 fully saturated rings. The smallest absolute Gasteiger partial charge is 0.0455 e. The molecule has 98 valence electrons. The van der Waals surface area contributed by atoms with Gasteiger partial charge >= 0.3 is 0 Å². The molecule has 0 aromatic heterocycles. The van der Waals surface area contributed by atoms with Gasteiger partial charge in [0.2, 0.25) is 0 Å². The maximum Gasteiger partial charge on any atom is 0.0455 e. The van der Waals surface area contributed by atoms with E-state index in [0.717, 1.165) is 5.92 Å². The van der Waals surface area contributed by atoms with Gasteiger partial charge in [0.25, 0.3) is 0 Å². The fraction of sp³-hybridized carbons (Fsp3) is 0.444. The van der Waals surface area contributed by atoms with E-state index in [-0.39, 0.29) is 0 Å². The first kappa shape index (κ1) is 11.3. The quantitative estimate of drug-likeness (QED) is 0.770. The lowest BCUT2D eigenvalue weighted by molar-refractivity contribution is 0.321. The van der Waals surface area contributed by atoms with Crippen LogP contribution >= 0.6 is 0 Å². The van der Waals surface area contributed by atoms with E-state index >= 15 is 0 Å². The Hall–Kier alpha value is -1.50. The van der Waals surface area contributed by atoms with Gasteiger partial charge in [-0.05, 0) is 36.1 Å². The van der Waals surface area contributed by atoms with Crippen molar-refractivity contribution in [2.24, 2.45) is 5.92 Å². The zero-order valence-corrected chi connectivity index (χ0v) is 11.4. The van der Waals surface area contributed by atoms with Crippen molar-refractivity contribution in [1.82, 2.24) is 0 Å². The highest BCUT2D eigenvalue weighted by atomic mass is 15.0. The summed E-state index contributed by atoms with van der Waals surface area (Å²) < 4.78 is 0. The van der Waals surface area contributed by atoms with Gasteiger partial charge in [-0.1, -0.05) is 55.7 Å². The van der Waals surface area contributed by atoms with Crippen LogP contribution < -0.4 is 5.32 Å². The molecule has 1 heterocycles. The predicted octanol–water partition coefficient (Wildman–Crippen LogP) is 4.76. The molecule has 1 atom stereocenters. The van der Waals surface area contributed by atoms with Gasteiger partial charge in [-0.15, -0.1) is 0 Å². The third kappa shape index (κ3) is 1.92. The standard InChI is InChI=1S/C18H21N/c1-2-7-14(8-3-1)17-12-15-11-10-13-6-4-5-9-16(13)18(15)19-17/h4-6,9-11,14,17,19H,1-3,7-8,12H2. The minimum atomic E-state index is 0.682. The van der Waals surface area contributed by atoms with Gasteiger partial charge in [-0.3, -0.25) is 0 Å². The van der Waals surface area contributed by atoms with E-state index in [2.05, 4.69) is 41.7 Å². The summed E-state index contributed by atoms with van der Waals surface area (Å²) in [5.41, 5.74) is 2.93. The van der Waals surface area contributed by atoms with Crippen molar-refractivity contribution in [1.29, 1.82) is 0 Å². The molecule has 0 radical (unpaired) electrons. The van der Waals surface area contributed by atoms with Gasteiger partial charge in [0, 0.05) is 17.1 Å². The number of fused-ring (bicyclic) bond motifs is 3. The second-order valence-electron chi connectivity index (χ2n) is 6.17. The van der Waals surface area contributed by atoms with Crippen molar-refractivity contribution in [2.45, 2.75) is 44.6 Å². The van der Waals surface area contributed by atoms with E-state index in [1.165, 1.54) is 60.5 Å². The van der Waals surface area contributed by atoms with Crippen LogP contribution in [0.25, 0.3) is 10.8 Å². The van der Waals surface area contributed by atoms with E-state index < -0.39 is 0 Å². The van der Waals surface area contributed by atoms with Crippen molar-refractivity contribution in [3.8, 4) is 0 Å². The van der Waals surface area contributed by atoms with Crippen LogP contribution in [0.2, 0.25) is 0 Å². The molecule has 1 nitrogen and oxygen atoms in total. The summed E-state index contributed by atoms with van der Waals surface area (Å²) in [6.07, 6.45) is 8.37. The van der Waals surface area contributed by atoms with Gasteiger partial charge in [0.15, 0.2) is 0 Å². The fourth-order valence-electron chi connectivity index (χ4n) is 3.95. The molecular formula is C18H21N. The van der Waals surface area contributed by atoms with Crippen molar-refractivity contribution in [3.63, 3.8) is 0 Å². The molecule has 1 heteroatoms. The minimum Gasteiger partial charge on any atom is -0.381 e. The molecule has 0 bridgehead atoms. The summed E-state index contributed by atoms with van der Waals surface area (Å²) in [5, 5.41) is 6.61. The van der Waals surface area contributed by atoms with E-state index in [1.807, 2.05) is 0 Å². The molecule has 0 saturated heterocycles. The predicted molar refractivity (Wildman–Crippen MR) is 81.6 cm³/mol. The molecule has 2 aromatic carbocycles. The number of anilines is 1. The molecule has 2 aromatic rings. The lowest BCUT2D eigenvalue weighted by Gasteiger charge is -2.27. The number of rotatable bonds is 1. The Morgan fingerprint density at radius 1 is 0.895 bits per heavy atom. The van der Waals surface area contributed by atoms with Crippen molar-refractivity contribution >= 4 is 16.5 Å². The average Bonchev–Trinajstić information content (AvgIpc) is 2.93. The molecule has 1 aliphatic heterocycles. The van der Waals surface area contributed by atoms with Crippen LogP contribution in [0.4, 0.5) is 5.69 Å². The summed E-state index contributed by atoms with van der Waals surface area (Å²) in [6, 6.07) is 14.0. The first-order valence-electron chi connectivity index (χ1n) is 7.69. The van der Waals surface area contributed by atoms with E-state index in [9.17, 15) is 0 Å². The van der Waals surface area contributed by atoms with Gasteiger partial charge < -0.3 is 5.32 Å². The lowest BCUT2D eigenvalue weighted by Crippen LogP contribution is -2.28. The molecule has 0 spiro atoms. The van der Waals surface area contributed by atoms with Crippen LogP contribution in [0.15, 0.2) is 36.4 Å². The summed E-state index contributed by atoms with van der Waals surface area (Å²) in [4.78, 5) is 0. The van der Waals surface area contributed by atoms with Crippen LogP contribution in [-0.4, -0.2) is 6.04 Å². The number of hydrogen-bond donors (Lipinski definition) is 1. The SMILES string of the molecule is c1ccc2c3c(ccc2c1)CC(C1CCCCC1)N3. The second kappa shape index (κ2) is 4.56. The topological polar surface area (TPSA) is 12.0 Å². The molecule has 1 unspecified atom stereocenters. The van der Waals surface area contributed by atoms with Crippen LogP contribution in [-0.2, 0) is 6.42 Å². The van der Waals surface area contributed by atoms with Gasteiger partial charge in [-0.2, -0.15) is 0 Å². The second-order valence-corrected chi connectivity index (χ2v) is 6.17. The van der Waals surface area contributed by atoms with Crippen molar-refractivity contribution < 1.29 is 0 Å². The van der Waals surface area contributed by atoms with Crippen molar-refractivity contribution in [2.75, 3.05) is 5.32 Å². The van der Waals surface area contributed by atoms with Gasteiger partial charge in [0.05, 0.1) is 0 Å². The first-order valence-corrected chi connectivity index (χ1v) is 7.69. The van der Waals surface area contributed by atoms with E-state index in [1.54, 1.807) is 0 Å². The zero-order chi connectivity index (χ0) is 12.7. The van der Waals surface area contributed by atoms with Crippen LogP contribution in [0, 0.1) is 5.92 Å². The van der Waals surface area contributed by atoms with Gasteiger partial charge in [-0.25, -0.2) is 0 Å². The number of nitrogens with one attached hydrogen (secondary N) is 1. The zero-order valence-electron chi connectivity index (χ0n) is 11.4. The highest BCUT2D eigenvalue weighted by Gasteiger charge is 2.29. The third-order valence-corrected chi connectivity index (χ3v) is 5.00. The Labute approximate surface area is 115 Å². The number of benzene rings is 2. The summed E-state index contributed by atoms with van der Waals surface area (Å²) in [7, 11) is 0. The maximum atomic E-state index is 3.85. The lowest BCUT2D eigenvalue weighted by atomic mass is 9.83. The largest absolute Gasteiger partial charge is 0.381 e. The van der Waals surface area contributed by atoms with Crippen LogP contribution in [0.1, 0.15) is 37.7 Å². The van der Waals surface area contributed by atoms with Gasteiger partial charge in [0.1, 0.15) is 0 Å². The average molecular weight is 251 g/mol. The third-order valence-electron chi connectivity index (χ3n) is 5.00. The van der Waals surface area contributed by atoms with Crippen LogP contribution in [0.5, 0.6) is 0 Å². The Kier molecular flexibility index (Phi) is 2.72. The molecule has 1 aliphatic carbocycles. The highest BCUT2D eigenvalue weighted by molar-refractivity contribution is 5.96. The molecule has 0 amide bonds. The minimum absolute atomic E-state index is 0.682. The molecular weight excluding hydrogens is 230 g/mol.